The van der Waals surface area contributed by atoms with Gasteiger partial charge in [0.2, 0.25) is 0 Å². The number of aliphatic imine (C=N–C) groups is 2. The molecule has 2 N–H and O–H groups in total. The summed E-state index contributed by atoms with van der Waals surface area (Å²) in [7, 11) is 0. The first-order valence-corrected chi connectivity index (χ1v) is 13.0. The smallest absolute Gasteiger partial charge is 0.133 e. The predicted molar refractivity (Wildman–Crippen MR) is 130 cm³/mol. The summed E-state index contributed by atoms with van der Waals surface area (Å²) < 4.78 is 5.50. The third-order valence-corrected chi connectivity index (χ3v) is 9.07. The third kappa shape index (κ3) is 3.50. The third-order valence-electron chi connectivity index (χ3n) is 7.69. The summed E-state index contributed by atoms with van der Waals surface area (Å²) in [6, 6.07) is 0. The molecular weight excluding hydrogens is 420 g/mol. The molecule has 2 unspecified atom stereocenters. The van der Waals surface area contributed by atoms with Gasteiger partial charge in [-0.1, -0.05) is 25.6 Å². The minimum Gasteiger partial charge on any atom is -0.379 e. The van der Waals surface area contributed by atoms with Gasteiger partial charge in [0.25, 0.3) is 0 Å². The van der Waals surface area contributed by atoms with E-state index in [1.54, 1.807) is 18.1 Å². The summed E-state index contributed by atoms with van der Waals surface area (Å²) in [5.41, 5.74) is 11.9. The van der Waals surface area contributed by atoms with E-state index < -0.39 is 5.66 Å². The molecule has 6 rings (SSSR count). The Morgan fingerprint density at radius 3 is 2.66 bits per heavy atom. The standard InChI is InChI=1S/C24H34N6OS/c1-23(2)13-16-17(14-23)21(30-6-3-4-7-30)28-22-18(16)19-20(32-22)24(25,27-15-26-19)5-8-29-9-11-31-12-10-29/h15,20H,3-14,25H2,1-2H3. The monoisotopic (exact) mass is 454 g/mol. The molecule has 0 spiro atoms. The summed E-state index contributed by atoms with van der Waals surface area (Å²) in [6.07, 6.45) is 7.24. The van der Waals surface area contributed by atoms with E-state index >= 15 is 0 Å². The van der Waals surface area contributed by atoms with Crippen LogP contribution in [0.5, 0.6) is 0 Å². The Balaban J connectivity index is 1.34. The maximum absolute atomic E-state index is 7.00. The van der Waals surface area contributed by atoms with E-state index in [2.05, 4.69) is 23.6 Å². The van der Waals surface area contributed by atoms with Crippen molar-refractivity contribution in [2.24, 2.45) is 21.1 Å². The number of ether oxygens (including phenoxy) is 1. The minimum absolute atomic E-state index is 0.0395. The second kappa shape index (κ2) is 7.79. The van der Waals surface area contributed by atoms with Crippen LogP contribution >= 0.6 is 11.8 Å². The Bertz CT molecular complexity index is 979. The van der Waals surface area contributed by atoms with Crippen molar-refractivity contribution in [3.63, 3.8) is 0 Å². The normalized spacial score (nSPS) is 30.9. The van der Waals surface area contributed by atoms with Gasteiger partial charge in [0.05, 0.1) is 24.2 Å². The molecule has 172 valence electrons. The van der Waals surface area contributed by atoms with Crippen LogP contribution in [0.3, 0.4) is 0 Å². The van der Waals surface area contributed by atoms with Crippen LogP contribution in [-0.4, -0.2) is 78.8 Å². The number of hydrogen-bond acceptors (Lipinski definition) is 8. The Kier molecular flexibility index (Phi) is 5.13. The van der Waals surface area contributed by atoms with E-state index in [0.717, 1.165) is 75.9 Å². The van der Waals surface area contributed by atoms with Crippen LogP contribution in [0, 0.1) is 5.41 Å². The number of anilines is 1. The van der Waals surface area contributed by atoms with Gasteiger partial charge in [-0.3, -0.25) is 4.90 Å². The van der Waals surface area contributed by atoms with Crippen molar-refractivity contribution < 1.29 is 4.74 Å². The fourth-order valence-corrected chi connectivity index (χ4v) is 7.35. The molecule has 0 radical (unpaired) electrons. The molecule has 5 aliphatic rings. The molecule has 4 aliphatic heterocycles. The Morgan fingerprint density at radius 2 is 1.88 bits per heavy atom. The molecule has 2 fully saturated rings. The molecule has 0 saturated carbocycles. The Hall–Kier alpha value is -1.48. The van der Waals surface area contributed by atoms with E-state index in [1.165, 1.54) is 35.3 Å². The van der Waals surface area contributed by atoms with Gasteiger partial charge in [0.15, 0.2) is 0 Å². The number of rotatable bonds is 4. The molecule has 0 bridgehead atoms. The quantitative estimate of drug-likeness (QED) is 0.753. The van der Waals surface area contributed by atoms with Gasteiger partial charge in [0, 0.05) is 38.3 Å². The largest absolute Gasteiger partial charge is 0.379 e. The average Bonchev–Trinajstić information content (AvgIpc) is 3.49. The van der Waals surface area contributed by atoms with Crippen molar-refractivity contribution in [3.8, 4) is 0 Å². The number of morpholine rings is 1. The number of hydrogen-bond donors (Lipinski definition) is 1. The molecule has 0 aromatic carbocycles. The van der Waals surface area contributed by atoms with E-state index in [4.69, 9.17) is 25.4 Å². The van der Waals surface area contributed by atoms with Crippen LogP contribution in [0.1, 0.15) is 49.8 Å². The van der Waals surface area contributed by atoms with Crippen molar-refractivity contribution in [1.29, 1.82) is 0 Å². The van der Waals surface area contributed by atoms with Gasteiger partial charge < -0.3 is 15.4 Å². The topological polar surface area (TPSA) is 79.3 Å². The summed E-state index contributed by atoms with van der Waals surface area (Å²) in [5.74, 6) is 1.23. The van der Waals surface area contributed by atoms with Gasteiger partial charge in [-0.2, -0.15) is 0 Å². The van der Waals surface area contributed by atoms with Crippen LogP contribution in [0.2, 0.25) is 0 Å². The van der Waals surface area contributed by atoms with E-state index in [9.17, 15) is 0 Å². The fraction of sp³-hybridized carbons (Fsp3) is 0.708. The van der Waals surface area contributed by atoms with E-state index in [1.807, 2.05) is 0 Å². The van der Waals surface area contributed by atoms with Gasteiger partial charge in [-0.25, -0.2) is 15.0 Å². The van der Waals surface area contributed by atoms with Crippen LogP contribution in [0.25, 0.3) is 0 Å². The number of pyridine rings is 1. The summed E-state index contributed by atoms with van der Waals surface area (Å²) in [4.78, 5) is 19.8. The molecule has 1 aromatic rings. The zero-order chi connectivity index (χ0) is 21.9. The van der Waals surface area contributed by atoms with Crippen LogP contribution in [-0.2, 0) is 17.6 Å². The predicted octanol–water partition coefficient (Wildman–Crippen LogP) is 2.49. The SMILES string of the molecule is CC1(C)Cc2c(N3CCCC3)nc3c(c2C1)C1=NC=NC(N)(CCN2CCOCC2)C1S3. The molecule has 0 amide bonds. The van der Waals surface area contributed by atoms with Gasteiger partial charge >= 0.3 is 0 Å². The molecule has 8 heteroatoms. The lowest BCUT2D eigenvalue weighted by Gasteiger charge is -2.35. The molecule has 1 aliphatic carbocycles. The molecule has 1 aromatic heterocycles. The van der Waals surface area contributed by atoms with Crippen molar-refractivity contribution in [1.82, 2.24) is 9.88 Å². The van der Waals surface area contributed by atoms with Crippen LogP contribution in [0.4, 0.5) is 5.82 Å². The first-order chi connectivity index (χ1) is 15.4. The number of fused-ring (bicyclic) bond motifs is 5. The van der Waals surface area contributed by atoms with Gasteiger partial charge in [0.1, 0.15) is 22.8 Å². The van der Waals surface area contributed by atoms with Gasteiger partial charge in [-0.05, 0) is 48.6 Å². The van der Waals surface area contributed by atoms with Crippen molar-refractivity contribution >= 4 is 29.6 Å². The van der Waals surface area contributed by atoms with E-state index in [0.29, 0.717) is 0 Å². The zero-order valence-electron chi connectivity index (χ0n) is 19.3. The summed E-state index contributed by atoms with van der Waals surface area (Å²) in [5, 5.41) is 1.16. The number of nitrogens with two attached hydrogens (primary N) is 1. The van der Waals surface area contributed by atoms with E-state index in [-0.39, 0.29) is 10.7 Å². The number of thioether (sulfide) groups is 1. The maximum atomic E-state index is 7.00. The first-order valence-electron chi connectivity index (χ1n) is 12.1. The lowest BCUT2D eigenvalue weighted by atomic mass is 9.88. The van der Waals surface area contributed by atoms with Crippen molar-refractivity contribution in [3.05, 3.63) is 16.7 Å². The maximum Gasteiger partial charge on any atom is 0.133 e. The highest BCUT2D eigenvalue weighted by Gasteiger charge is 2.49. The molecule has 2 saturated heterocycles. The van der Waals surface area contributed by atoms with Gasteiger partial charge in [-0.15, -0.1) is 0 Å². The lowest BCUT2D eigenvalue weighted by Crippen LogP contribution is -2.54. The second-order valence-electron chi connectivity index (χ2n) is 10.7. The molecule has 2 atom stereocenters. The van der Waals surface area contributed by atoms with Crippen molar-refractivity contribution in [2.75, 3.05) is 50.8 Å². The lowest BCUT2D eigenvalue weighted by molar-refractivity contribution is 0.0349. The molecule has 5 heterocycles. The average molecular weight is 455 g/mol. The molecule has 7 nitrogen and oxygen atoms in total. The first kappa shape index (κ1) is 21.1. The highest BCUT2D eigenvalue weighted by molar-refractivity contribution is 8.01. The Morgan fingerprint density at radius 1 is 1.12 bits per heavy atom. The number of nitrogens with zero attached hydrogens (tertiary/aromatic N) is 5. The second-order valence-corrected chi connectivity index (χ2v) is 11.8. The summed E-state index contributed by atoms with van der Waals surface area (Å²) in [6.45, 7) is 11.5. The highest BCUT2D eigenvalue weighted by atomic mass is 32.2. The molecular formula is C24H34N6OS. The fourth-order valence-electron chi connectivity index (χ4n) is 5.97. The van der Waals surface area contributed by atoms with Crippen LogP contribution < -0.4 is 10.6 Å². The molecule has 32 heavy (non-hydrogen) atoms. The van der Waals surface area contributed by atoms with Crippen LogP contribution in [0.15, 0.2) is 15.0 Å². The van der Waals surface area contributed by atoms with Crippen molar-refractivity contribution in [2.45, 2.75) is 61.9 Å². The zero-order valence-corrected chi connectivity index (χ0v) is 20.1. The number of aromatic nitrogens is 1. The summed E-state index contributed by atoms with van der Waals surface area (Å²) >= 11 is 1.80. The Labute approximate surface area is 194 Å². The highest BCUT2D eigenvalue weighted by Crippen LogP contribution is 2.51. The minimum atomic E-state index is -0.643.